The Morgan fingerprint density at radius 2 is 1.00 bits per heavy atom. The maximum absolute atomic E-state index is 15.0. The van der Waals surface area contributed by atoms with Gasteiger partial charge in [0, 0.05) is 24.6 Å². The number of thiophene rings is 2. The van der Waals surface area contributed by atoms with Gasteiger partial charge in [0.25, 0.3) is 0 Å². The Morgan fingerprint density at radius 1 is 0.600 bits per heavy atom. The molecule has 4 atom stereocenters. The summed E-state index contributed by atoms with van der Waals surface area (Å²) in [4.78, 5) is 62.9. The number of hydrogen-bond acceptors (Lipinski definition) is 12. The molecule has 2 N–H and O–H groups in total. The molecule has 14 nitrogen and oxygen atoms in total. The molecule has 0 radical (unpaired) electrons. The van der Waals surface area contributed by atoms with Gasteiger partial charge in [0.2, 0.25) is 11.8 Å². The first kappa shape index (κ1) is 50.8. The second-order valence-corrected chi connectivity index (χ2v) is 23.9. The number of alkyl carbamates (subject to hydrolysis) is 2. The number of fused-ring (bicyclic) bond motifs is 2. The molecular formula is C52H62N8O6S4. The van der Waals surface area contributed by atoms with Gasteiger partial charge in [-0.25, -0.2) is 9.59 Å². The summed E-state index contributed by atoms with van der Waals surface area (Å²) in [7, 11) is 2.70. The largest absolute Gasteiger partial charge is 0.444 e. The molecule has 0 saturated heterocycles. The number of benzene rings is 2. The van der Waals surface area contributed by atoms with Gasteiger partial charge < -0.3 is 29.9 Å². The minimum Gasteiger partial charge on any atom is -0.444 e. The highest BCUT2D eigenvalue weighted by Crippen LogP contribution is 2.37. The number of ether oxygens (including phenoxy) is 2. The maximum atomic E-state index is 15.0. The number of aryl methyl sites for hydroxylation is 2. The summed E-state index contributed by atoms with van der Waals surface area (Å²) >= 11 is 3.24. The van der Waals surface area contributed by atoms with Crippen LogP contribution in [0, 0.1) is 0 Å². The van der Waals surface area contributed by atoms with Gasteiger partial charge in [-0.05, 0) is 113 Å². The molecule has 6 heterocycles. The summed E-state index contributed by atoms with van der Waals surface area (Å²) in [5.41, 5.74) is 4.33. The molecule has 2 aromatic carbocycles. The van der Waals surface area contributed by atoms with Crippen molar-refractivity contribution < 1.29 is 28.7 Å². The standard InChI is InChI=1S/C52H62N8O6S4/c1-51(2,3)65-49(63)53-39(47(61)57-25-27-59-43(31-37(55-59)45-19-13-29-67-45)41(57)23-21-35-15-9-7-10-16-35)33-69-70-34-40(54-50(64)66-52(4,5)6)48(62)58-26-28-60-44(32-38(56-60)46-20-14-30-68-46)42(58)24-22-36-17-11-8-12-18-36/h7-20,29-32,39-42H,21-28,33-34H2,1-6H3,(H,53,63)(H,54,64)/t39-,40-,41?,42?/m0/s1. The van der Waals surface area contributed by atoms with Crippen molar-refractivity contribution in [3.05, 3.63) is 130 Å². The van der Waals surface area contributed by atoms with E-state index in [1.54, 1.807) is 64.2 Å². The van der Waals surface area contributed by atoms with Crippen LogP contribution in [0.2, 0.25) is 0 Å². The van der Waals surface area contributed by atoms with E-state index in [9.17, 15) is 9.59 Å². The molecule has 4 aromatic heterocycles. The molecule has 4 amide bonds. The fourth-order valence-corrected chi connectivity index (χ4v) is 12.5. The molecule has 2 aliphatic heterocycles. The molecule has 0 spiro atoms. The Labute approximate surface area is 426 Å². The van der Waals surface area contributed by atoms with Crippen molar-refractivity contribution in [3.8, 4) is 21.1 Å². The Morgan fingerprint density at radius 3 is 1.36 bits per heavy atom. The molecule has 8 rings (SSSR count). The van der Waals surface area contributed by atoms with Gasteiger partial charge >= 0.3 is 12.2 Å². The van der Waals surface area contributed by atoms with Gasteiger partial charge in [0.05, 0.1) is 46.3 Å². The van der Waals surface area contributed by atoms with E-state index in [0.29, 0.717) is 39.0 Å². The zero-order chi connectivity index (χ0) is 49.4. The first-order valence-corrected chi connectivity index (χ1v) is 28.0. The summed E-state index contributed by atoms with van der Waals surface area (Å²) in [6.07, 6.45) is 1.34. The third kappa shape index (κ3) is 13.2. The lowest BCUT2D eigenvalue weighted by Crippen LogP contribution is -2.54. The van der Waals surface area contributed by atoms with E-state index in [0.717, 1.165) is 56.5 Å². The lowest BCUT2D eigenvalue weighted by atomic mass is 9.99. The fraction of sp³-hybridized carbons (Fsp3) is 0.423. The van der Waals surface area contributed by atoms with Crippen LogP contribution in [0.25, 0.3) is 21.1 Å². The van der Waals surface area contributed by atoms with Crippen molar-refractivity contribution in [3.63, 3.8) is 0 Å². The smallest absolute Gasteiger partial charge is 0.408 e. The summed E-state index contributed by atoms with van der Waals surface area (Å²) in [6, 6.07) is 30.1. The highest BCUT2D eigenvalue weighted by atomic mass is 33.1. The predicted octanol–water partition coefficient (Wildman–Crippen LogP) is 10.4. The van der Waals surface area contributed by atoms with Crippen molar-refractivity contribution in [1.29, 1.82) is 0 Å². The van der Waals surface area contributed by atoms with Crippen molar-refractivity contribution in [2.45, 2.75) is 116 Å². The van der Waals surface area contributed by atoms with Crippen LogP contribution in [0.1, 0.15) is 89.0 Å². The van der Waals surface area contributed by atoms with Gasteiger partial charge in [-0.15, -0.1) is 22.7 Å². The Balaban J connectivity index is 1.03. The molecule has 6 aromatic rings. The Bertz CT molecular complexity index is 2490. The third-order valence-corrected chi connectivity index (χ3v) is 16.1. The van der Waals surface area contributed by atoms with Crippen LogP contribution in [0.3, 0.4) is 0 Å². The van der Waals surface area contributed by atoms with Crippen molar-refractivity contribution in [2.75, 3.05) is 24.6 Å². The zero-order valence-electron chi connectivity index (χ0n) is 40.5. The highest BCUT2D eigenvalue weighted by Gasteiger charge is 2.39. The number of carbonyl (C=O) groups excluding carboxylic acids is 4. The number of nitrogens with zero attached hydrogens (tertiary/aromatic N) is 6. The Kier molecular flexibility index (Phi) is 16.5. The minimum absolute atomic E-state index is 0.159. The first-order valence-electron chi connectivity index (χ1n) is 23.7. The van der Waals surface area contributed by atoms with E-state index in [-0.39, 0.29) is 35.4 Å². The van der Waals surface area contributed by atoms with Crippen LogP contribution in [0.15, 0.2) is 108 Å². The number of aromatic nitrogens is 4. The topological polar surface area (TPSA) is 153 Å². The molecule has 2 aliphatic rings. The van der Waals surface area contributed by atoms with Crippen LogP contribution in [-0.2, 0) is 45.0 Å². The highest BCUT2D eigenvalue weighted by molar-refractivity contribution is 8.76. The number of hydrogen-bond donors (Lipinski definition) is 2. The quantitative estimate of drug-likeness (QED) is 0.0667. The predicted molar refractivity (Wildman–Crippen MR) is 281 cm³/mol. The number of nitrogens with one attached hydrogen (secondary N) is 2. The van der Waals surface area contributed by atoms with Gasteiger partial charge in [-0.1, -0.05) is 94.4 Å². The summed E-state index contributed by atoms with van der Waals surface area (Å²) in [5.74, 6) is -0.165. The number of carbonyl (C=O) groups is 4. The van der Waals surface area contributed by atoms with E-state index < -0.39 is 35.5 Å². The summed E-state index contributed by atoms with van der Waals surface area (Å²) in [5, 5.41) is 19.8. The number of rotatable bonds is 17. The third-order valence-electron chi connectivity index (χ3n) is 11.9. The molecule has 0 saturated carbocycles. The molecular weight excluding hydrogens is 961 g/mol. The van der Waals surface area contributed by atoms with Crippen LogP contribution >= 0.6 is 44.3 Å². The summed E-state index contributed by atoms with van der Waals surface area (Å²) in [6.45, 7) is 12.5. The lowest BCUT2D eigenvalue weighted by Gasteiger charge is -2.38. The van der Waals surface area contributed by atoms with Crippen molar-refractivity contribution >= 4 is 68.3 Å². The molecule has 18 heteroatoms. The first-order chi connectivity index (χ1) is 33.6. The van der Waals surface area contributed by atoms with E-state index in [1.165, 1.54) is 21.6 Å². The van der Waals surface area contributed by atoms with E-state index in [4.69, 9.17) is 19.7 Å². The minimum atomic E-state index is -0.979. The van der Waals surface area contributed by atoms with Crippen LogP contribution in [-0.4, -0.2) is 101 Å². The summed E-state index contributed by atoms with van der Waals surface area (Å²) < 4.78 is 15.4. The van der Waals surface area contributed by atoms with Gasteiger partial charge in [0.1, 0.15) is 34.7 Å². The zero-order valence-corrected chi connectivity index (χ0v) is 43.8. The van der Waals surface area contributed by atoms with Crippen molar-refractivity contribution in [1.82, 2.24) is 40.0 Å². The average Bonchev–Trinajstić information content (AvgIpc) is 4.17. The second-order valence-electron chi connectivity index (χ2n) is 19.4. The fourth-order valence-electron chi connectivity index (χ4n) is 8.80. The molecule has 2 unspecified atom stereocenters. The molecule has 0 aliphatic carbocycles. The normalized spacial score (nSPS) is 16.7. The SMILES string of the molecule is CC(C)(C)OC(=O)N[C@@H](CSSC[C@H](NC(=O)OC(C)(C)C)C(=O)N1CCn2nc(-c3cccs3)cc2C1CCc1ccccc1)C(=O)N1CCn2nc(-c3cccs3)cc2C1CCc1ccccc1. The van der Waals surface area contributed by atoms with Gasteiger partial charge in [-0.3, -0.25) is 19.0 Å². The van der Waals surface area contributed by atoms with Gasteiger partial charge in [0.15, 0.2) is 0 Å². The van der Waals surface area contributed by atoms with Gasteiger partial charge in [-0.2, -0.15) is 10.2 Å². The van der Waals surface area contributed by atoms with Crippen LogP contribution in [0.5, 0.6) is 0 Å². The maximum Gasteiger partial charge on any atom is 0.408 e. The lowest BCUT2D eigenvalue weighted by molar-refractivity contribution is -0.137. The second kappa shape index (κ2) is 22.7. The average molecular weight is 1020 g/mol. The molecule has 0 fully saturated rings. The number of amides is 4. The monoisotopic (exact) mass is 1020 g/mol. The molecule has 370 valence electrons. The molecule has 0 bridgehead atoms. The van der Waals surface area contributed by atoms with E-state index >= 15 is 9.59 Å². The van der Waals surface area contributed by atoms with E-state index in [2.05, 4.69) is 47.0 Å². The van der Waals surface area contributed by atoms with Crippen LogP contribution in [0.4, 0.5) is 9.59 Å². The van der Waals surface area contributed by atoms with Crippen molar-refractivity contribution in [2.24, 2.45) is 0 Å². The Hall–Kier alpha value is -5.56. The van der Waals surface area contributed by atoms with E-state index in [1.807, 2.05) is 90.6 Å². The van der Waals surface area contributed by atoms with Crippen LogP contribution < -0.4 is 10.6 Å². The molecule has 70 heavy (non-hydrogen) atoms.